The predicted octanol–water partition coefficient (Wildman–Crippen LogP) is 4.37. The number of rotatable bonds is 7. The van der Waals surface area contributed by atoms with Crippen molar-refractivity contribution >= 4 is 17.6 Å². The number of aryl methyl sites for hydroxylation is 1. The molecule has 3 nitrogen and oxygen atoms in total. The topological polar surface area (TPSA) is 37.8 Å². The monoisotopic (exact) mass is 281 g/mol. The van der Waals surface area contributed by atoms with Crippen LogP contribution in [-0.4, -0.2) is 21.8 Å². The fourth-order valence-corrected chi connectivity index (χ4v) is 2.63. The van der Waals surface area contributed by atoms with E-state index in [0.717, 1.165) is 36.1 Å². The molecule has 0 aromatic carbocycles. The standard InChI is InChI=1S/C15H27N3S/c1-7-8-16-15-14(10(2)3)12(6)17-13(18-15)9-19-11(4)5/h10-11H,7-9H2,1-6H3,(H,16,17,18). The van der Waals surface area contributed by atoms with Crippen molar-refractivity contribution in [3.05, 3.63) is 17.1 Å². The molecule has 4 heteroatoms. The first-order valence-electron chi connectivity index (χ1n) is 7.18. The number of hydrogen-bond donors (Lipinski definition) is 1. The maximum atomic E-state index is 4.72. The first-order chi connectivity index (χ1) is 8.95. The minimum absolute atomic E-state index is 0.450. The van der Waals surface area contributed by atoms with Crippen LogP contribution in [0, 0.1) is 6.92 Å². The van der Waals surface area contributed by atoms with Crippen molar-refractivity contribution in [2.45, 2.75) is 64.9 Å². The Morgan fingerprint density at radius 3 is 2.37 bits per heavy atom. The van der Waals surface area contributed by atoms with Crippen LogP contribution >= 0.6 is 11.8 Å². The Labute approximate surface area is 122 Å². The quantitative estimate of drug-likeness (QED) is 0.805. The van der Waals surface area contributed by atoms with Crippen LogP contribution < -0.4 is 5.32 Å². The lowest BCUT2D eigenvalue weighted by Gasteiger charge is -2.17. The second-order valence-corrected chi connectivity index (χ2v) is 6.99. The van der Waals surface area contributed by atoms with Gasteiger partial charge in [0, 0.05) is 17.8 Å². The zero-order valence-corrected chi connectivity index (χ0v) is 13.9. The lowest BCUT2D eigenvalue weighted by atomic mass is 10.0. The van der Waals surface area contributed by atoms with E-state index < -0.39 is 0 Å². The van der Waals surface area contributed by atoms with Gasteiger partial charge in [0.25, 0.3) is 0 Å². The van der Waals surface area contributed by atoms with E-state index >= 15 is 0 Å². The summed E-state index contributed by atoms with van der Waals surface area (Å²) in [4.78, 5) is 9.38. The zero-order chi connectivity index (χ0) is 14.4. The molecule has 0 atom stereocenters. The largest absolute Gasteiger partial charge is 0.370 e. The lowest BCUT2D eigenvalue weighted by molar-refractivity contribution is 0.813. The van der Waals surface area contributed by atoms with Gasteiger partial charge in [0.05, 0.1) is 5.75 Å². The summed E-state index contributed by atoms with van der Waals surface area (Å²) >= 11 is 1.89. The molecular formula is C15H27N3S. The Morgan fingerprint density at radius 1 is 1.16 bits per heavy atom. The summed E-state index contributed by atoms with van der Waals surface area (Å²) in [5, 5.41) is 4.06. The van der Waals surface area contributed by atoms with Gasteiger partial charge in [-0.25, -0.2) is 9.97 Å². The Hall–Kier alpha value is -0.770. The van der Waals surface area contributed by atoms with E-state index in [1.54, 1.807) is 0 Å². The lowest BCUT2D eigenvalue weighted by Crippen LogP contribution is -2.12. The molecule has 19 heavy (non-hydrogen) atoms. The molecule has 1 aromatic heterocycles. The molecule has 1 aromatic rings. The number of nitrogens with zero attached hydrogens (tertiary/aromatic N) is 2. The zero-order valence-electron chi connectivity index (χ0n) is 13.1. The highest BCUT2D eigenvalue weighted by Gasteiger charge is 2.14. The summed E-state index contributed by atoms with van der Waals surface area (Å²) in [7, 11) is 0. The fourth-order valence-electron chi connectivity index (χ4n) is 2.01. The smallest absolute Gasteiger partial charge is 0.140 e. The van der Waals surface area contributed by atoms with Crippen LogP contribution in [0.15, 0.2) is 0 Å². The Kier molecular flexibility index (Phi) is 6.63. The Morgan fingerprint density at radius 2 is 1.84 bits per heavy atom. The van der Waals surface area contributed by atoms with Gasteiger partial charge in [-0.1, -0.05) is 34.6 Å². The summed E-state index contributed by atoms with van der Waals surface area (Å²) in [5.74, 6) is 3.31. The van der Waals surface area contributed by atoms with Gasteiger partial charge in [0.15, 0.2) is 0 Å². The maximum Gasteiger partial charge on any atom is 0.140 e. The van der Waals surface area contributed by atoms with E-state index in [0.29, 0.717) is 11.2 Å². The van der Waals surface area contributed by atoms with E-state index in [2.05, 4.69) is 51.8 Å². The molecule has 0 aliphatic carbocycles. The molecule has 1 rings (SSSR count). The number of thioether (sulfide) groups is 1. The highest BCUT2D eigenvalue weighted by molar-refractivity contribution is 7.99. The predicted molar refractivity (Wildman–Crippen MR) is 86.1 cm³/mol. The minimum Gasteiger partial charge on any atom is -0.370 e. The van der Waals surface area contributed by atoms with Gasteiger partial charge < -0.3 is 5.32 Å². The van der Waals surface area contributed by atoms with Crippen LogP contribution in [0.1, 0.15) is 64.0 Å². The average molecular weight is 281 g/mol. The molecule has 0 unspecified atom stereocenters. The van der Waals surface area contributed by atoms with E-state index in [1.807, 2.05) is 11.8 Å². The number of nitrogens with one attached hydrogen (secondary N) is 1. The van der Waals surface area contributed by atoms with E-state index in [9.17, 15) is 0 Å². The first-order valence-corrected chi connectivity index (χ1v) is 8.23. The van der Waals surface area contributed by atoms with Crippen molar-refractivity contribution in [3.8, 4) is 0 Å². The average Bonchev–Trinajstić information content (AvgIpc) is 2.32. The molecule has 0 aliphatic rings. The Bertz CT molecular complexity index is 403. The van der Waals surface area contributed by atoms with Crippen molar-refractivity contribution in [3.63, 3.8) is 0 Å². The first kappa shape index (κ1) is 16.3. The van der Waals surface area contributed by atoms with Crippen molar-refractivity contribution < 1.29 is 0 Å². The molecule has 108 valence electrons. The van der Waals surface area contributed by atoms with Crippen molar-refractivity contribution in [1.82, 2.24) is 9.97 Å². The van der Waals surface area contributed by atoms with E-state index in [-0.39, 0.29) is 0 Å². The van der Waals surface area contributed by atoms with Crippen LogP contribution in [0.25, 0.3) is 0 Å². The third-order valence-corrected chi connectivity index (χ3v) is 3.94. The molecule has 0 fully saturated rings. The van der Waals surface area contributed by atoms with Crippen LogP contribution in [0.5, 0.6) is 0 Å². The third-order valence-electron chi connectivity index (χ3n) is 2.85. The maximum absolute atomic E-state index is 4.72. The van der Waals surface area contributed by atoms with Gasteiger partial charge in [-0.2, -0.15) is 11.8 Å². The number of hydrogen-bond acceptors (Lipinski definition) is 4. The summed E-state index contributed by atoms with van der Waals surface area (Å²) in [6, 6.07) is 0. The summed E-state index contributed by atoms with van der Waals surface area (Å²) < 4.78 is 0. The van der Waals surface area contributed by atoms with Crippen LogP contribution in [0.4, 0.5) is 5.82 Å². The molecule has 1 N–H and O–H groups in total. The van der Waals surface area contributed by atoms with E-state index in [1.165, 1.54) is 5.56 Å². The van der Waals surface area contributed by atoms with E-state index in [4.69, 9.17) is 4.98 Å². The molecule has 0 saturated heterocycles. The van der Waals surface area contributed by atoms with Gasteiger partial charge >= 0.3 is 0 Å². The number of anilines is 1. The molecule has 0 bridgehead atoms. The second-order valence-electron chi connectivity index (χ2n) is 5.43. The van der Waals surface area contributed by atoms with Crippen molar-refractivity contribution in [1.29, 1.82) is 0 Å². The van der Waals surface area contributed by atoms with Gasteiger partial charge in [0.2, 0.25) is 0 Å². The highest BCUT2D eigenvalue weighted by atomic mass is 32.2. The van der Waals surface area contributed by atoms with Gasteiger partial charge in [0.1, 0.15) is 11.6 Å². The normalized spacial score (nSPS) is 11.4. The van der Waals surface area contributed by atoms with Crippen LogP contribution in [0.2, 0.25) is 0 Å². The summed E-state index contributed by atoms with van der Waals surface area (Å²) in [6.07, 6.45) is 1.11. The molecular weight excluding hydrogens is 254 g/mol. The second kappa shape index (κ2) is 7.73. The minimum atomic E-state index is 0.450. The van der Waals surface area contributed by atoms with Gasteiger partial charge in [-0.05, 0) is 24.5 Å². The SMILES string of the molecule is CCCNc1nc(CSC(C)C)nc(C)c1C(C)C. The third kappa shape index (κ3) is 5.01. The van der Waals surface area contributed by atoms with Crippen LogP contribution in [-0.2, 0) is 5.75 Å². The highest BCUT2D eigenvalue weighted by Crippen LogP contribution is 2.26. The number of aromatic nitrogens is 2. The Balaban J connectivity index is 3.00. The molecule has 0 spiro atoms. The van der Waals surface area contributed by atoms with Crippen LogP contribution in [0.3, 0.4) is 0 Å². The van der Waals surface area contributed by atoms with Gasteiger partial charge in [-0.15, -0.1) is 0 Å². The molecule has 1 heterocycles. The molecule has 0 amide bonds. The fraction of sp³-hybridized carbons (Fsp3) is 0.733. The van der Waals surface area contributed by atoms with Gasteiger partial charge in [-0.3, -0.25) is 0 Å². The van der Waals surface area contributed by atoms with Crippen molar-refractivity contribution in [2.24, 2.45) is 0 Å². The molecule has 0 saturated carbocycles. The molecule has 0 aliphatic heterocycles. The summed E-state index contributed by atoms with van der Waals surface area (Å²) in [6.45, 7) is 14.0. The summed E-state index contributed by atoms with van der Waals surface area (Å²) in [5.41, 5.74) is 2.37. The van der Waals surface area contributed by atoms with Crippen molar-refractivity contribution in [2.75, 3.05) is 11.9 Å². The molecule has 0 radical (unpaired) electrons.